The lowest BCUT2D eigenvalue weighted by Crippen LogP contribution is -2.50. The molecule has 0 amide bonds. The highest BCUT2D eigenvalue weighted by atomic mass is 15.2. The van der Waals surface area contributed by atoms with Gasteiger partial charge in [0.15, 0.2) is 0 Å². The zero-order valence-electron chi connectivity index (χ0n) is 11.4. The van der Waals surface area contributed by atoms with E-state index in [0.717, 1.165) is 12.5 Å². The molecular formula is C16H24N2. The normalized spacial score (nSPS) is 28.9. The lowest BCUT2D eigenvalue weighted by atomic mass is 9.82. The van der Waals surface area contributed by atoms with Gasteiger partial charge in [-0.3, -0.25) is 4.90 Å². The Labute approximate surface area is 110 Å². The van der Waals surface area contributed by atoms with Gasteiger partial charge in [0.1, 0.15) is 0 Å². The maximum Gasteiger partial charge on any atom is 0.0167 e. The van der Waals surface area contributed by atoms with Crippen LogP contribution in [0.25, 0.3) is 0 Å². The summed E-state index contributed by atoms with van der Waals surface area (Å²) < 4.78 is 0. The van der Waals surface area contributed by atoms with Crippen LogP contribution in [0.5, 0.6) is 0 Å². The average molecular weight is 244 g/mol. The van der Waals surface area contributed by atoms with Gasteiger partial charge in [-0.1, -0.05) is 24.3 Å². The van der Waals surface area contributed by atoms with Crippen LogP contribution in [0.3, 0.4) is 0 Å². The minimum Gasteiger partial charge on any atom is -0.312 e. The third-order valence-corrected chi connectivity index (χ3v) is 4.43. The first-order valence-electron chi connectivity index (χ1n) is 7.36. The molecule has 1 saturated heterocycles. The molecule has 0 bridgehead atoms. The van der Waals surface area contributed by atoms with Crippen LogP contribution in [0.1, 0.15) is 36.8 Å². The standard InChI is InChI=1S/C16H24N2/c1-13-11-18(10-9-17-13)12-15-7-4-6-14-5-2-3-8-16(14)15/h2-3,5,8,13,15,17H,4,6-7,9-12H2,1H3/t13-,15?/m1/s1. The lowest BCUT2D eigenvalue weighted by molar-refractivity contribution is 0.191. The van der Waals surface area contributed by atoms with Crippen LogP contribution in [0.15, 0.2) is 24.3 Å². The monoisotopic (exact) mass is 244 g/mol. The maximum atomic E-state index is 3.53. The molecule has 0 radical (unpaired) electrons. The molecule has 2 heteroatoms. The van der Waals surface area contributed by atoms with Crippen LogP contribution in [-0.2, 0) is 6.42 Å². The van der Waals surface area contributed by atoms with Crippen molar-refractivity contribution in [2.45, 2.75) is 38.1 Å². The number of rotatable bonds is 2. The van der Waals surface area contributed by atoms with Crippen molar-refractivity contribution in [3.63, 3.8) is 0 Å². The van der Waals surface area contributed by atoms with E-state index in [1.165, 1.54) is 38.9 Å². The summed E-state index contributed by atoms with van der Waals surface area (Å²) in [4.78, 5) is 2.65. The van der Waals surface area contributed by atoms with Gasteiger partial charge in [0.25, 0.3) is 0 Å². The summed E-state index contributed by atoms with van der Waals surface area (Å²) >= 11 is 0. The van der Waals surface area contributed by atoms with Crippen molar-refractivity contribution < 1.29 is 0 Å². The first-order chi connectivity index (χ1) is 8.83. The van der Waals surface area contributed by atoms with E-state index >= 15 is 0 Å². The predicted octanol–water partition coefficient (Wildman–Crippen LogP) is 2.40. The summed E-state index contributed by atoms with van der Waals surface area (Å²) in [5.41, 5.74) is 3.21. The quantitative estimate of drug-likeness (QED) is 0.859. The maximum absolute atomic E-state index is 3.53. The molecule has 2 nitrogen and oxygen atoms in total. The van der Waals surface area contributed by atoms with Crippen LogP contribution in [0, 0.1) is 0 Å². The lowest BCUT2D eigenvalue weighted by Gasteiger charge is -2.36. The van der Waals surface area contributed by atoms with Crippen LogP contribution in [0.4, 0.5) is 0 Å². The SMILES string of the molecule is C[C@@H]1CN(CC2CCCc3ccccc32)CCN1. The summed E-state index contributed by atoms with van der Waals surface area (Å²) in [6, 6.07) is 9.72. The van der Waals surface area contributed by atoms with E-state index in [4.69, 9.17) is 0 Å². The van der Waals surface area contributed by atoms with Crippen molar-refractivity contribution >= 4 is 0 Å². The van der Waals surface area contributed by atoms with E-state index in [1.807, 2.05) is 0 Å². The van der Waals surface area contributed by atoms with E-state index in [1.54, 1.807) is 11.1 Å². The molecule has 1 aromatic carbocycles. The van der Waals surface area contributed by atoms with Crippen molar-refractivity contribution in [1.82, 2.24) is 10.2 Å². The van der Waals surface area contributed by atoms with Gasteiger partial charge < -0.3 is 5.32 Å². The molecule has 1 heterocycles. The first-order valence-corrected chi connectivity index (χ1v) is 7.36. The fourth-order valence-electron chi connectivity index (χ4n) is 3.53. The molecule has 3 rings (SSSR count). The number of hydrogen-bond acceptors (Lipinski definition) is 2. The zero-order valence-corrected chi connectivity index (χ0v) is 11.4. The topological polar surface area (TPSA) is 15.3 Å². The largest absolute Gasteiger partial charge is 0.312 e. The Bertz CT molecular complexity index is 402. The van der Waals surface area contributed by atoms with Crippen molar-refractivity contribution in [3.05, 3.63) is 35.4 Å². The van der Waals surface area contributed by atoms with Gasteiger partial charge >= 0.3 is 0 Å². The third kappa shape index (κ3) is 2.60. The molecule has 98 valence electrons. The number of nitrogens with one attached hydrogen (secondary N) is 1. The van der Waals surface area contributed by atoms with Crippen LogP contribution in [-0.4, -0.2) is 37.1 Å². The van der Waals surface area contributed by atoms with Crippen molar-refractivity contribution in [3.8, 4) is 0 Å². The third-order valence-electron chi connectivity index (χ3n) is 4.43. The van der Waals surface area contributed by atoms with Crippen molar-refractivity contribution in [1.29, 1.82) is 0 Å². The van der Waals surface area contributed by atoms with E-state index < -0.39 is 0 Å². The van der Waals surface area contributed by atoms with Crippen LogP contribution >= 0.6 is 0 Å². The fourth-order valence-corrected chi connectivity index (χ4v) is 3.53. The van der Waals surface area contributed by atoms with Gasteiger partial charge in [0.2, 0.25) is 0 Å². The molecule has 1 N–H and O–H groups in total. The highest BCUT2D eigenvalue weighted by molar-refractivity contribution is 5.32. The minimum atomic E-state index is 0.651. The summed E-state index contributed by atoms with van der Waals surface area (Å²) in [6.45, 7) is 7.11. The average Bonchev–Trinajstić information content (AvgIpc) is 2.39. The van der Waals surface area contributed by atoms with E-state index in [-0.39, 0.29) is 0 Å². The number of hydrogen-bond donors (Lipinski definition) is 1. The van der Waals surface area contributed by atoms with Gasteiger partial charge in [-0.25, -0.2) is 0 Å². The van der Waals surface area contributed by atoms with Gasteiger partial charge in [0.05, 0.1) is 0 Å². The summed E-state index contributed by atoms with van der Waals surface area (Å²) in [5, 5.41) is 3.53. The Morgan fingerprint density at radius 1 is 1.33 bits per heavy atom. The summed E-state index contributed by atoms with van der Waals surface area (Å²) in [5.74, 6) is 0.764. The molecule has 1 unspecified atom stereocenters. The molecule has 1 aliphatic heterocycles. The van der Waals surface area contributed by atoms with Gasteiger partial charge in [0, 0.05) is 32.2 Å². The second-order valence-corrected chi connectivity index (χ2v) is 5.90. The molecule has 1 aliphatic carbocycles. The first kappa shape index (κ1) is 12.2. The molecular weight excluding hydrogens is 220 g/mol. The Balaban J connectivity index is 1.70. The molecule has 2 aliphatic rings. The summed E-state index contributed by atoms with van der Waals surface area (Å²) in [7, 11) is 0. The highest BCUT2D eigenvalue weighted by Crippen LogP contribution is 2.32. The van der Waals surface area contributed by atoms with E-state index in [0.29, 0.717) is 6.04 Å². The fraction of sp³-hybridized carbons (Fsp3) is 0.625. The van der Waals surface area contributed by atoms with E-state index in [2.05, 4.69) is 41.4 Å². The molecule has 0 aromatic heterocycles. The van der Waals surface area contributed by atoms with Gasteiger partial charge in [-0.15, -0.1) is 0 Å². The Morgan fingerprint density at radius 2 is 2.22 bits per heavy atom. The van der Waals surface area contributed by atoms with Crippen LogP contribution < -0.4 is 5.32 Å². The Kier molecular flexibility index (Phi) is 3.67. The van der Waals surface area contributed by atoms with Crippen LogP contribution in [0.2, 0.25) is 0 Å². The minimum absolute atomic E-state index is 0.651. The predicted molar refractivity (Wildman–Crippen MR) is 76.0 cm³/mol. The number of benzene rings is 1. The number of nitrogens with zero attached hydrogens (tertiary/aromatic N) is 1. The van der Waals surface area contributed by atoms with Crippen molar-refractivity contribution in [2.75, 3.05) is 26.2 Å². The van der Waals surface area contributed by atoms with E-state index in [9.17, 15) is 0 Å². The smallest absolute Gasteiger partial charge is 0.0167 e. The van der Waals surface area contributed by atoms with Gasteiger partial charge in [-0.2, -0.15) is 0 Å². The number of aryl methyl sites for hydroxylation is 1. The second kappa shape index (κ2) is 5.41. The second-order valence-electron chi connectivity index (χ2n) is 5.90. The number of fused-ring (bicyclic) bond motifs is 1. The molecule has 1 fully saturated rings. The summed E-state index contributed by atoms with van der Waals surface area (Å²) in [6.07, 6.45) is 4.02. The molecule has 2 atom stereocenters. The molecule has 1 aromatic rings. The highest BCUT2D eigenvalue weighted by Gasteiger charge is 2.24. The zero-order chi connectivity index (χ0) is 12.4. The Hall–Kier alpha value is -0.860. The molecule has 0 saturated carbocycles. The van der Waals surface area contributed by atoms with Crippen molar-refractivity contribution in [2.24, 2.45) is 0 Å². The number of piperazine rings is 1. The molecule has 0 spiro atoms. The molecule has 18 heavy (non-hydrogen) atoms. The Morgan fingerprint density at radius 3 is 3.11 bits per heavy atom. The van der Waals surface area contributed by atoms with Gasteiger partial charge in [-0.05, 0) is 43.2 Å².